The van der Waals surface area contributed by atoms with Gasteiger partial charge in [-0.2, -0.15) is 0 Å². The highest BCUT2D eigenvalue weighted by atomic mass is 32.1. The highest BCUT2D eigenvalue weighted by Gasteiger charge is 2.23. The van der Waals surface area contributed by atoms with Crippen LogP contribution >= 0.6 is 11.3 Å². The van der Waals surface area contributed by atoms with Crippen LogP contribution < -0.4 is 5.32 Å². The van der Waals surface area contributed by atoms with Crippen molar-refractivity contribution in [3.63, 3.8) is 0 Å². The Hall–Kier alpha value is -1.53. The van der Waals surface area contributed by atoms with E-state index in [4.69, 9.17) is 0 Å². The van der Waals surface area contributed by atoms with Crippen molar-refractivity contribution in [1.82, 2.24) is 20.3 Å². The Morgan fingerprint density at radius 1 is 1.50 bits per heavy atom. The summed E-state index contributed by atoms with van der Waals surface area (Å²) in [7, 11) is 0. The molecule has 6 heteroatoms. The van der Waals surface area contributed by atoms with Gasteiger partial charge in [-0.05, 0) is 12.1 Å². The molecule has 0 bridgehead atoms. The summed E-state index contributed by atoms with van der Waals surface area (Å²) in [5.74, 6) is 0. The molecule has 1 fully saturated rings. The van der Waals surface area contributed by atoms with Gasteiger partial charge in [-0.3, -0.25) is 4.79 Å². The first-order chi connectivity index (χ1) is 7.88. The number of hydrogen-bond acceptors (Lipinski definition) is 5. The lowest BCUT2D eigenvalue weighted by atomic mass is 10.2. The van der Waals surface area contributed by atoms with E-state index in [0.717, 1.165) is 34.8 Å². The Kier molecular flexibility index (Phi) is 2.30. The standard InChI is InChI=1S/C10H10N4OS/c15-6-8-1-2-10(16-8)9-5-12-13-14(9)7-3-11-4-7/h1-2,5-7,11H,3-4H2. The average molecular weight is 234 g/mol. The quantitative estimate of drug-likeness (QED) is 0.804. The number of thiophene rings is 1. The van der Waals surface area contributed by atoms with Crippen LogP contribution in [-0.4, -0.2) is 34.4 Å². The zero-order valence-electron chi connectivity index (χ0n) is 8.46. The lowest BCUT2D eigenvalue weighted by Gasteiger charge is -2.27. The Morgan fingerprint density at radius 3 is 3.00 bits per heavy atom. The molecule has 0 aromatic carbocycles. The topological polar surface area (TPSA) is 59.8 Å². The van der Waals surface area contributed by atoms with Gasteiger partial charge < -0.3 is 5.32 Å². The molecule has 82 valence electrons. The molecule has 3 rings (SSSR count). The van der Waals surface area contributed by atoms with E-state index >= 15 is 0 Å². The van der Waals surface area contributed by atoms with Crippen LogP contribution in [0.15, 0.2) is 18.3 Å². The lowest BCUT2D eigenvalue weighted by molar-refractivity contribution is 0.112. The molecular weight excluding hydrogens is 224 g/mol. The molecule has 5 nitrogen and oxygen atoms in total. The summed E-state index contributed by atoms with van der Waals surface area (Å²) in [6.45, 7) is 1.87. The maximum atomic E-state index is 10.6. The first kappa shape index (κ1) is 9.68. The van der Waals surface area contributed by atoms with Gasteiger partial charge in [-0.15, -0.1) is 16.4 Å². The summed E-state index contributed by atoms with van der Waals surface area (Å²) in [6, 6.07) is 4.15. The molecule has 0 saturated carbocycles. The van der Waals surface area contributed by atoms with Crippen LogP contribution in [0.1, 0.15) is 15.7 Å². The van der Waals surface area contributed by atoms with Crippen LogP contribution in [0.25, 0.3) is 10.6 Å². The van der Waals surface area contributed by atoms with Gasteiger partial charge in [-0.1, -0.05) is 5.21 Å². The second-order valence-corrected chi connectivity index (χ2v) is 4.81. The third-order valence-electron chi connectivity index (χ3n) is 2.68. The number of rotatable bonds is 3. The van der Waals surface area contributed by atoms with Crippen molar-refractivity contribution in [3.8, 4) is 10.6 Å². The maximum absolute atomic E-state index is 10.6. The Bertz CT molecular complexity index is 514. The zero-order chi connectivity index (χ0) is 11.0. The molecule has 1 aliphatic rings. The van der Waals surface area contributed by atoms with Gasteiger partial charge in [0, 0.05) is 13.1 Å². The number of nitrogens with one attached hydrogen (secondary N) is 1. The smallest absolute Gasteiger partial charge is 0.160 e. The van der Waals surface area contributed by atoms with Crippen molar-refractivity contribution in [1.29, 1.82) is 0 Å². The first-order valence-corrected chi connectivity index (χ1v) is 5.86. The van der Waals surface area contributed by atoms with Crippen molar-refractivity contribution < 1.29 is 4.79 Å². The van der Waals surface area contributed by atoms with Crippen molar-refractivity contribution >= 4 is 17.6 Å². The largest absolute Gasteiger partial charge is 0.312 e. The molecule has 0 atom stereocenters. The third-order valence-corrected chi connectivity index (χ3v) is 3.71. The fourth-order valence-electron chi connectivity index (χ4n) is 1.69. The van der Waals surface area contributed by atoms with E-state index in [1.54, 1.807) is 6.20 Å². The highest BCUT2D eigenvalue weighted by molar-refractivity contribution is 7.17. The van der Waals surface area contributed by atoms with Gasteiger partial charge >= 0.3 is 0 Å². The molecule has 0 spiro atoms. The van der Waals surface area contributed by atoms with Gasteiger partial charge in [0.1, 0.15) is 0 Å². The van der Waals surface area contributed by atoms with Gasteiger partial charge in [0.2, 0.25) is 0 Å². The summed E-state index contributed by atoms with van der Waals surface area (Å²) in [6.07, 6.45) is 2.62. The molecule has 3 heterocycles. The number of nitrogens with zero attached hydrogens (tertiary/aromatic N) is 3. The molecular formula is C10H10N4OS. The lowest BCUT2D eigenvalue weighted by Crippen LogP contribution is -2.44. The van der Waals surface area contributed by atoms with Crippen LogP contribution in [0.4, 0.5) is 0 Å². The molecule has 0 aliphatic carbocycles. The van der Waals surface area contributed by atoms with E-state index in [0.29, 0.717) is 6.04 Å². The predicted octanol–water partition coefficient (Wildman–Crippen LogP) is 0.963. The molecule has 0 unspecified atom stereocenters. The average Bonchev–Trinajstić information content (AvgIpc) is 2.81. The Morgan fingerprint density at radius 2 is 2.38 bits per heavy atom. The van der Waals surface area contributed by atoms with Crippen LogP contribution in [0.5, 0.6) is 0 Å². The molecule has 2 aromatic rings. The number of carbonyl (C=O) groups is 1. The second kappa shape index (κ2) is 3.80. The van der Waals surface area contributed by atoms with Gasteiger partial charge in [0.15, 0.2) is 6.29 Å². The first-order valence-electron chi connectivity index (χ1n) is 5.05. The van der Waals surface area contributed by atoms with Crippen LogP contribution in [0, 0.1) is 0 Å². The summed E-state index contributed by atoms with van der Waals surface area (Å²) >= 11 is 1.47. The van der Waals surface area contributed by atoms with E-state index in [1.165, 1.54) is 11.3 Å². The van der Waals surface area contributed by atoms with E-state index < -0.39 is 0 Å². The summed E-state index contributed by atoms with van der Waals surface area (Å²) < 4.78 is 1.93. The van der Waals surface area contributed by atoms with Gasteiger partial charge in [0.05, 0.1) is 27.7 Å². The minimum absolute atomic E-state index is 0.388. The molecule has 1 aliphatic heterocycles. The Balaban J connectivity index is 1.98. The van der Waals surface area contributed by atoms with Crippen molar-refractivity contribution in [3.05, 3.63) is 23.2 Å². The number of carbonyl (C=O) groups excluding carboxylic acids is 1. The van der Waals surface area contributed by atoms with E-state index in [2.05, 4.69) is 15.6 Å². The highest BCUT2D eigenvalue weighted by Crippen LogP contribution is 2.28. The predicted molar refractivity (Wildman–Crippen MR) is 60.6 cm³/mol. The fourth-order valence-corrected chi connectivity index (χ4v) is 2.51. The van der Waals surface area contributed by atoms with Crippen molar-refractivity contribution in [2.75, 3.05) is 13.1 Å². The van der Waals surface area contributed by atoms with Crippen molar-refractivity contribution in [2.45, 2.75) is 6.04 Å². The number of aromatic nitrogens is 3. The minimum atomic E-state index is 0.388. The molecule has 16 heavy (non-hydrogen) atoms. The zero-order valence-corrected chi connectivity index (χ0v) is 9.28. The monoisotopic (exact) mass is 234 g/mol. The van der Waals surface area contributed by atoms with E-state index in [1.807, 2.05) is 16.8 Å². The third kappa shape index (κ3) is 1.46. The second-order valence-electron chi connectivity index (χ2n) is 3.70. The van der Waals surface area contributed by atoms with Crippen LogP contribution in [-0.2, 0) is 0 Å². The maximum Gasteiger partial charge on any atom is 0.160 e. The molecule has 0 amide bonds. The van der Waals surface area contributed by atoms with Crippen molar-refractivity contribution in [2.24, 2.45) is 0 Å². The molecule has 2 aromatic heterocycles. The number of aldehydes is 1. The minimum Gasteiger partial charge on any atom is -0.312 e. The summed E-state index contributed by atoms with van der Waals surface area (Å²) in [4.78, 5) is 12.4. The summed E-state index contributed by atoms with van der Waals surface area (Å²) in [5.41, 5.74) is 0.990. The molecule has 1 N–H and O–H groups in total. The van der Waals surface area contributed by atoms with E-state index in [9.17, 15) is 4.79 Å². The van der Waals surface area contributed by atoms with Gasteiger partial charge in [0.25, 0.3) is 0 Å². The molecule has 0 radical (unpaired) electrons. The van der Waals surface area contributed by atoms with Gasteiger partial charge in [-0.25, -0.2) is 4.68 Å². The Labute approximate surface area is 96.1 Å². The number of hydrogen-bond donors (Lipinski definition) is 1. The summed E-state index contributed by atoms with van der Waals surface area (Å²) in [5, 5.41) is 11.2. The van der Waals surface area contributed by atoms with E-state index in [-0.39, 0.29) is 0 Å². The normalized spacial score (nSPS) is 16.0. The van der Waals surface area contributed by atoms with Crippen LogP contribution in [0.3, 0.4) is 0 Å². The SMILES string of the molecule is O=Cc1ccc(-c2cnnn2C2CNC2)s1. The molecule has 1 saturated heterocycles. The fraction of sp³-hybridized carbons (Fsp3) is 0.300. The van der Waals surface area contributed by atoms with Crippen LogP contribution in [0.2, 0.25) is 0 Å².